The van der Waals surface area contributed by atoms with Crippen LogP contribution in [0.25, 0.3) is 0 Å². The van der Waals surface area contributed by atoms with Gasteiger partial charge in [-0.3, -0.25) is 5.32 Å². The lowest BCUT2D eigenvalue weighted by Gasteiger charge is -2.12. The van der Waals surface area contributed by atoms with E-state index in [1.54, 1.807) is 6.92 Å². The molecule has 6 nitrogen and oxygen atoms in total. The maximum absolute atomic E-state index is 11.8. The number of urea groups is 1. The standard InChI is InChI=1S/C13H17N5OS/c1-8(14-3)10-5-4-6-11(7-10)16-12(19)17-13-15-9(2)18-20-13/h4-8,14H,1-3H3,(H2,15,16,17,18,19). The van der Waals surface area contributed by atoms with E-state index in [9.17, 15) is 4.79 Å². The van der Waals surface area contributed by atoms with Gasteiger partial charge in [0, 0.05) is 23.3 Å². The second-order valence-corrected chi connectivity index (χ2v) is 5.11. The second kappa shape index (κ2) is 6.44. The topological polar surface area (TPSA) is 78.9 Å². The van der Waals surface area contributed by atoms with E-state index >= 15 is 0 Å². The molecule has 0 aliphatic carbocycles. The van der Waals surface area contributed by atoms with Crippen LogP contribution in [0.2, 0.25) is 0 Å². The summed E-state index contributed by atoms with van der Waals surface area (Å²) in [5.41, 5.74) is 1.85. The van der Waals surface area contributed by atoms with E-state index in [0.717, 1.165) is 22.8 Å². The third kappa shape index (κ3) is 3.75. The molecule has 7 heteroatoms. The molecule has 0 radical (unpaired) electrons. The summed E-state index contributed by atoms with van der Waals surface area (Å²) in [5.74, 6) is 0.648. The maximum atomic E-state index is 11.8. The van der Waals surface area contributed by atoms with Crippen molar-refractivity contribution in [2.24, 2.45) is 0 Å². The summed E-state index contributed by atoms with van der Waals surface area (Å²) in [6, 6.07) is 7.61. The molecule has 20 heavy (non-hydrogen) atoms. The zero-order chi connectivity index (χ0) is 14.5. The van der Waals surface area contributed by atoms with Gasteiger partial charge in [0.05, 0.1) is 0 Å². The Morgan fingerprint density at radius 1 is 1.35 bits per heavy atom. The van der Waals surface area contributed by atoms with Crippen LogP contribution in [0.1, 0.15) is 24.4 Å². The van der Waals surface area contributed by atoms with Gasteiger partial charge in [-0.05, 0) is 38.6 Å². The fourth-order valence-electron chi connectivity index (χ4n) is 1.66. The van der Waals surface area contributed by atoms with Crippen LogP contribution in [0.3, 0.4) is 0 Å². The first-order valence-electron chi connectivity index (χ1n) is 6.24. The van der Waals surface area contributed by atoms with E-state index in [-0.39, 0.29) is 12.1 Å². The van der Waals surface area contributed by atoms with Crippen molar-refractivity contribution in [2.75, 3.05) is 17.7 Å². The Morgan fingerprint density at radius 2 is 2.15 bits per heavy atom. The molecule has 1 aromatic heterocycles. The van der Waals surface area contributed by atoms with Gasteiger partial charge in [0.15, 0.2) is 0 Å². The Bertz CT molecular complexity index is 598. The highest BCUT2D eigenvalue weighted by atomic mass is 32.1. The summed E-state index contributed by atoms with van der Waals surface area (Å²) in [4.78, 5) is 15.9. The third-order valence-corrected chi connectivity index (χ3v) is 3.55. The van der Waals surface area contributed by atoms with Crippen LogP contribution in [-0.2, 0) is 0 Å². The molecular weight excluding hydrogens is 274 g/mol. The Kier molecular flexibility index (Phi) is 4.65. The number of anilines is 2. The first-order valence-corrected chi connectivity index (χ1v) is 7.01. The van der Waals surface area contributed by atoms with Gasteiger partial charge in [-0.15, -0.1) is 0 Å². The molecule has 2 amide bonds. The SMILES string of the molecule is CNC(C)c1cccc(NC(=O)Nc2nc(C)ns2)c1. The van der Waals surface area contributed by atoms with Crippen LogP contribution in [0.15, 0.2) is 24.3 Å². The molecule has 1 unspecified atom stereocenters. The van der Waals surface area contributed by atoms with Gasteiger partial charge in [0.1, 0.15) is 5.82 Å². The molecule has 0 bridgehead atoms. The number of aryl methyl sites for hydroxylation is 1. The number of carbonyl (C=O) groups is 1. The summed E-state index contributed by atoms with van der Waals surface area (Å²) in [6.07, 6.45) is 0. The molecule has 1 heterocycles. The average molecular weight is 291 g/mol. The Hall–Kier alpha value is -1.99. The number of benzene rings is 1. The molecule has 1 aromatic carbocycles. The number of amides is 2. The minimum absolute atomic E-state index is 0.227. The van der Waals surface area contributed by atoms with Crippen molar-refractivity contribution in [3.8, 4) is 0 Å². The Morgan fingerprint density at radius 3 is 2.80 bits per heavy atom. The van der Waals surface area contributed by atoms with Crippen molar-refractivity contribution in [3.63, 3.8) is 0 Å². The van der Waals surface area contributed by atoms with Crippen molar-refractivity contribution in [3.05, 3.63) is 35.7 Å². The van der Waals surface area contributed by atoms with Gasteiger partial charge in [0.25, 0.3) is 0 Å². The zero-order valence-electron chi connectivity index (χ0n) is 11.6. The largest absolute Gasteiger partial charge is 0.325 e. The van der Waals surface area contributed by atoms with Gasteiger partial charge in [-0.25, -0.2) is 9.78 Å². The van der Waals surface area contributed by atoms with Crippen molar-refractivity contribution >= 4 is 28.4 Å². The smallest absolute Gasteiger partial charge is 0.313 e. The molecule has 0 aliphatic heterocycles. The minimum Gasteiger partial charge on any atom is -0.313 e. The molecule has 2 aromatic rings. The van der Waals surface area contributed by atoms with E-state index in [1.165, 1.54) is 0 Å². The van der Waals surface area contributed by atoms with Crippen LogP contribution < -0.4 is 16.0 Å². The molecule has 0 saturated heterocycles. The molecule has 0 saturated carbocycles. The van der Waals surface area contributed by atoms with Crippen LogP contribution in [-0.4, -0.2) is 22.4 Å². The fraction of sp³-hybridized carbons (Fsp3) is 0.308. The van der Waals surface area contributed by atoms with Gasteiger partial charge < -0.3 is 10.6 Å². The van der Waals surface area contributed by atoms with Crippen LogP contribution in [0, 0.1) is 6.92 Å². The van der Waals surface area contributed by atoms with Gasteiger partial charge in [-0.2, -0.15) is 4.37 Å². The molecule has 1 atom stereocenters. The number of aromatic nitrogens is 2. The van der Waals surface area contributed by atoms with E-state index < -0.39 is 0 Å². The summed E-state index contributed by atoms with van der Waals surface area (Å²) in [5, 5.41) is 9.08. The number of nitrogens with zero attached hydrogens (tertiary/aromatic N) is 2. The first-order chi connectivity index (χ1) is 9.58. The number of rotatable bonds is 4. The lowest BCUT2D eigenvalue weighted by Crippen LogP contribution is -2.19. The first kappa shape index (κ1) is 14.4. The summed E-state index contributed by atoms with van der Waals surface area (Å²) in [7, 11) is 1.90. The number of nitrogens with one attached hydrogen (secondary N) is 3. The fourth-order valence-corrected chi connectivity index (χ4v) is 2.23. The van der Waals surface area contributed by atoms with Crippen molar-refractivity contribution in [1.29, 1.82) is 0 Å². The molecule has 0 fully saturated rings. The maximum Gasteiger partial charge on any atom is 0.325 e. The van der Waals surface area contributed by atoms with E-state index in [1.807, 2.05) is 31.3 Å². The average Bonchev–Trinajstić information content (AvgIpc) is 2.83. The predicted octanol–water partition coefficient (Wildman–Crippen LogP) is 2.77. The molecular formula is C13H17N5OS. The number of hydrogen-bond donors (Lipinski definition) is 3. The van der Waals surface area contributed by atoms with Crippen LogP contribution in [0.4, 0.5) is 15.6 Å². The van der Waals surface area contributed by atoms with Gasteiger partial charge in [0.2, 0.25) is 5.13 Å². The van der Waals surface area contributed by atoms with E-state index in [4.69, 9.17) is 0 Å². The van der Waals surface area contributed by atoms with E-state index in [0.29, 0.717) is 11.0 Å². The molecule has 2 rings (SSSR count). The lowest BCUT2D eigenvalue weighted by molar-refractivity contribution is 0.262. The molecule has 106 valence electrons. The second-order valence-electron chi connectivity index (χ2n) is 4.36. The van der Waals surface area contributed by atoms with Crippen molar-refractivity contribution in [1.82, 2.24) is 14.7 Å². The highest BCUT2D eigenvalue weighted by molar-refractivity contribution is 7.09. The van der Waals surface area contributed by atoms with Crippen LogP contribution >= 0.6 is 11.5 Å². The highest BCUT2D eigenvalue weighted by Crippen LogP contribution is 2.17. The number of carbonyl (C=O) groups excluding carboxylic acids is 1. The Labute approximate surface area is 121 Å². The lowest BCUT2D eigenvalue weighted by atomic mass is 10.1. The van der Waals surface area contributed by atoms with Gasteiger partial charge in [-0.1, -0.05) is 12.1 Å². The van der Waals surface area contributed by atoms with Gasteiger partial charge >= 0.3 is 6.03 Å². The number of hydrogen-bond acceptors (Lipinski definition) is 5. The normalized spacial score (nSPS) is 11.9. The van der Waals surface area contributed by atoms with Crippen molar-refractivity contribution < 1.29 is 4.79 Å². The summed E-state index contributed by atoms with van der Waals surface area (Å²) >= 11 is 1.16. The van der Waals surface area contributed by atoms with E-state index in [2.05, 4.69) is 32.2 Å². The van der Waals surface area contributed by atoms with Crippen molar-refractivity contribution in [2.45, 2.75) is 19.9 Å². The zero-order valence-corrected chi connectivity index (χ0v) is 12.4. The Balaban J connectivity index is 2.00. The minimum atomic E-state index is -0.324. The van der Waals surface area contributed by atoms with Crippen LogP contribution in [0.5, 0.6) is 0 Å². The summed E-state index contributed by atoms with van der Waals surface area (Å²) in [6.45, 7) is 3.84. The monoisotopic (exact) mass is 291 g/mol. The highest BCUT2D eigenvalue weighted by Gasteiger charge is 2.08. The molecule has 0 aliphatic rings. The quantitative estimate of drug-likeness (QED) is 0.809. The predicted molar refractivity (Wildman–Crippen MR) is 81.2 cm³/mol. The molecule has 3 N–H and O–H groups in total. The summed E-state index contributed by atoms with van der Waals surface area (Å²) < 4.78 is 4.00. The third-order valence-electron chi connectivity index (χ3n) is 2.83. The molecule has 0 spiro atoms.